The van der Waals surface area contributed by atoms with E-state index in [1.165, 1.54) is 16.7 Å². The molecule has 1 fully saturated rings. The number of amides is 1. The topological polar surface area (TPSA) is 42.0 Å². The zero-order chi connectivity index (χ0) is 20.9. The van der Waals surface area contributed by atoms with Crippen molar-refractivity contribution >= 4 is 5.91 Å². The van der Waals surface area contributed by atoms with Crippen LogP contribution in [-0.2, 0) is 17.9 Å². The van der Waals surface area contributed by atoms with Crippen molar-refractivity contribution in [2.75, 3.05) is 26.8 Å². The Morgan fingerprint density at radius 1 is 1.10 bits per heavy atom. The van der Waals surface area contributed by atoms with Gasteiger partial charge in [0.15, 0.2) is 11.5 Å². The van der Waals surface area contributed by atoms with Crippen LogP contribution in [-0.4, -0.2) is 48.6 Å². The van der Waals surface area contributed by atoms with Crippen LogP contribution in [0.15, 0.2) is 42.5 Å². The van der Waals surface area contributed by atoms with Gasteiger partial charge >= 0.3 is 0 Å². The van der Waals surface area contributed by atoms with Gasteiger partial charge in [-0.3, -0.25) is 9.69 Å². The van der Waals surface area contributed by atoms with E-state index < -0.39 is 0 Å². The van der Waals surface area contributed by atoms with Crippen LogP contribution in [0.5, 0.6) is 11.5 Å². The lowest BCUT2D eigenvalue weighted by atomic mass is 10.0. The summed E-state index contributed by atoms with van der Waals surface area (Å²) in [4.78, 5) is 17.4. The number of ether oxygens (including phenoxy) is 2. The second-order valence-electron chi connectivity index (χ2n) is 8.34. The van der Waals surface area contributed by atoms with Gasteiger partial charge in [0.25, 0.3) is 0 Å². The van der Waals surface area contributed by atoms with E-state index in [1.54, 1.807) is 7.11 Å². The van der Waals surface area contributed by atoms with Crippen LogP contribution in [0.1, 0.15) is 42.4 Å². The molecule has 2 aromatic rings. The molecule has 0 aromatic heterocycles. The van der Waals surface area contributed by atoms with Gasteiger partial charge in [-0.2, -0.15) is 0 Å². The van der Waals surface area contributed by atoms with Crippen molar-refractivity contribution in [3.05, 3.63) is 59.2 Å². The number of fused-ring (bicyclic) bond motifs is 1. The summed E-state index contributed by atoms with van der Waals surface area (Å²) >= 11 is 0. The molecule has 0 spiro atoms. The summed E-state index contributed by atoms with van der Waals surface area (Å²) in [5.41, 5.74) is 3.66. The van der Waals surface area contributed by atoms with Gasteiger partial charge in [-0.1, -0.05) is 36.4 Å². The molecule has 0 N–H and O–H groups in total. The molecule has 5 nitrogen and oxygen atoms in total. The van der Waals surface area contributed by atoms with E-state index in [9.17, 15) is 4.79 Å². The first-order chi connectivity index (χ1) is 14.7. The quantitative estimate of drug-likeness (QED) is 0.762. The number of carbonyl (C=O) groups is 1. The highest BCUT2D eigenvalue weighted by Crippen LogP contribution is 2.34. The van der Waals surface area contributed by atoms with Gasteiger partial charge in [0.1, 0.15) is 0 Å². The first-order valence-corrected chi connectivity index (χ1v) is 11.0. The molecule has 5 heteroatoms. The third-order valence-electron chi connectivity index (χ3n) is 6.41. The number of likely N-dealkylation sites (tertiary alicyclic amines) is 1. The van der Waals surface area contributed by atoms with Gasteiger partial charge < -0.3 is 14.4 Å². The molecule has 2 heterocycles. The van der Waals surface area contributed by atoms with Crippen molar-refractivity contribution in [1.82, 2.24) is 9.80 Å². The highest BCUT2D eigenvalue weighted by atomic mass is 16.5. The highest BCUT2D eigenvalue weighted by molar-refractivity contribution is 5.76. The third-order valence-corrected chi connectivity index (χ3v) is 6.41. The highest BCUT2D eigenvalue weighted by Gasteiger charge is 2.28. The number of aryl methyl sites for hydroxylation is 1. The van der Waals surface area contributed by atoms with Crippen LogP contribution >= 0.6 is 0 Å². The Morgan fingerprint density at radius 3 is 2.80 bits per heavy atom. The van der Waals surface area contributed by atoms with E-state index in [0.717, 1.165) is 50.4 Å². The predicted octanol–water partition coefficient (Wildman–Crippen LogP) is 4.17. The van der Waals surface area contributed by atoms with Crippen molar-refractivity contribution in [3.8, 4) is 11.5 Å². The molecule has 4 rings (SSSR count). The van der Waals surface area contributed by atoms with Crippen LogP contribution in [0.25, 0.3) is 0 Å². The molecule has 0 bridgehead atoms. The fourth-order valence-electron chi connectivity index (χ4n) is 4.61. The Hall–Kier alpha value is -2.53. The molecule has 0 saturated carbocycles. The molecule has 2 aromatic carbocycles. The molecule has 2 aliphatic rings. The van der Waals surface area contributed by atoms with Crippen molar-refractivity contribution in [1.29, 1.82) is 0 Å². The largest absolute Gasteiger partial charge is 0.493 e. The number of carbonyl (C=O) groups excluding carboxylic acids is 1. The Labute approximate surface area is 179 Å². The maximum absolute atomic E-state index is 12.8. The average Bonchev–Trinajstić information content (AvgIpc) is 2.92. The summed E-state index contributed by atoms with van der Waals surface area (Å²) in [5.74, 6) is 1.95. The monoisotopic (exact) mass is 408 g/mol. The van der Waals surface area contributed by atoms with Gasteiger partial charge in [0.05, 0.1) is 13.7 Å². The molecular formula is C25H32N2O3. The second-order valence-corrected chi connectivity index (χ2v) is 8.34. The van der Waals surface area contributed by atoms with Gasteiger partial charge in [-0.05, 0) is 43.4 Å². The summed E-state index contributed by atoms with van der Waals surface area (Å²) in [6.45, 7) is 6.17. The summed E-state index contributed by atoms with van der Waals surface area (Å²) in [7, 11) is 1.69. The number of rotatable bonds is 4. The SMILES string of the molecule is COc1cccc2c1OCCCN(C1CCC(=O)N(Cc3ccccc3C)CC1)C2. The molecule has 1 amide bonds. The Bertz CT molecular complexity index is 882. The Balaban J connectivity index is 1.47. The lowest BCUT2D eigenvalue weighted by Crippen LogP contribution is -2.38. The van der Waals surface area contributed by atoms with E-state index in [2.05, 4.69) is 42.2 Å². The van der Waals surface area contributed by atoms with Gasteiger partial charge in [-0.15, -0.1) is 0 Å². The lowest BCUT2D eigenvalue weighted by molar-refractivity contribution is -0.131. The van der Waals surface area contributed by atoms with Crippen LogP contribution in [0, 0.1) is 6.92 Å². The molecule has 160 valence electrons. The fraction of sp³-hybridized carbons (Fsp3) is 0.480. The van der Waals surface area contributed by atoms with Crippen LogP contribution < -0.4 is 9.47 Å². The summed E-state index contributed by atoms with van der Waals surface area (Å²) in [6.07, 6.45) is 3.53. The maximum atomic E-state index is 12.8. The van der Waals surface area contributed by atoms with Crippen LogP contribution in [0.4, 0.5) is 0 Å². The number of nitrogens with zero attached hydrogens (tertiary/aromatic N) is 2. The van der Waals surface area contributed by atoms with E-state index in [1.807, 2.05) is 17.0 Å². The van der Waals surface area contributed by atoms with Crippen molar-refractivity contribution < 1.29 is 14.3 Å². The standard InChI is InChI=1S/C25H32N2O3/c1-19-7-3-4-8-20(19)17-27-15-13-22(11-12-24(27)28)26-14-6-16-30-25-21(18-26)9-5-10-23(25)29-2/h3-5,7-10,22H,6,11-18H2,1-2H3. The van der Waals surface area contributed by atoms with E-state index in [4.69, 9.17) is 9.47 Å². The summed E-state index contributed by atoms with van der Waals surface area (Å²) < 4.78 is 11.5. The van der Waals surface area contributed by atoms with Crippen LogP contribution in [0.2, 0.25) is 0 Å². The molecular weight excluding hydrogens is 376 g/mol. The Morgan fingerprint density at radius 2 is 1.97 bits per heavy atom. The molecule has 1 unspecified atom stereocenters. The number of benzene rings is 2. The number of methoxy groups -OCH3 is 1. The van der Waals surface area contributed by atoms with E-state index in [0.29, 0.717) is 25.6 Å². The fourth-order valence-corrected chi connectivity index (χ4v) is 4.61. The van der Waals surface area contributed by atoms with Gasteiger partial charge in [0.2, 0.25) is 5.91 Å². The minimum Gasteiger partial charge on any atom is -0.493 e. The molecule has 0 aliphatic carbocycles. The molecule has 0 radical (unpaired) electrons. The molecule has 1 atom stereocenters. The smallest absolute Gasteiger partial charge is 0.222 e. The minimum atomic E-state index is 0.276. The zero-order valence-corrected chi connectivity index (χ0v) is 18.1. The lowest BCUT2D eigenvalue weighted by Gasteiger charge is -2.33. The van der Waals surface area contributed by atoms with Gasteiger partial charge in [0, 0.05) is 44.2 Å². The zero-order valence-electron chi connectivity index (χ0n) is 18.1. The van der Waals surface area contributed by atoms with Gasteiger partial charge in [-0.25, -0.2) is 0 Å². The first-order valence-electron chi connectivity index (χ1n) is 11.0. The summed E-state index contributed by atoms with van der Waals surface area (Å²) in [6, 6.07) is 14.9. The minimum absolute atomic E-state index is 0.276. The molecule has 2 aliphatic heterocycles. The summed E-state index contributed by atoms with van der Waals surface area (Å²) in [5, 5.41) is 0. The average molecular weight is 409 g/mol. The first kappa shape index (κ1) is 20.7. The molecule has 30 heavy (non-hydrogen) atoms. The second kappa shape index (κ2) is 9.52. The van der Waals surface area contributed by atoms with Crippen molar-refractivity contribution in [2.24, 2.45) is 0 Å². The third kappa shape index (κ3) is 4.62. The predicted molar refractivity (Wildman–Crippen MR) is 118 cm³/mol. The van der Waals surface area contributed by atoms with Crippen LogP contribution in [0.3, 0.4) is 0 Å². The normalized spacial score (nSPS) is 20.5. The molecule has 1 saturated heterocycles. The number of hydrogen-bond donors (Lipinski definition) is 0. The van der Waals surface area contributed by atoms with E-state index in [-0.39, 0.29) is 5.91 Å². The number of para-hydroxylation sites is 1. The van der Waals surface area contributed by atoms with Crippen molar-refractivity contribution in [3.63, 3.8) is 0 Å². The van der Waals surface area contributed by atoms with Crippen molar-refractivity contribution in [2.45, 2.75) is 51.7 Å². The number of hydrogen-bond acceptors (Lipinski definition) is 4. The Kier molecular flexibility index (Phi) is 6.58. The van der Waals surface area contributed by atoms with E-state index >= 15 is 0 Å². The maximum Gasteiger partial charge on any atom is 0.222 e.